The number of carbonyl (C=O) groups excluding carboxylic acids is 1. The third-order valence-corrected chi connectivity index (χ3v) is 4.52. The summed E-state index contributed by atoms with van der Waals surface area (Å²) >= 11 is 0. The molecule has 0 saturated heterocycles. The second kappa shape index (κ2) is 11.4. The van der Waals surface area contributed by atoms with E-state index < -0.39 is 7.82 Å². The first-order chi connectivity index (χ1) is 11.4. The number of phosphoric acid groups is 1. The van der Waals surface area contributed by atoms with Crippen molar-refractivity contribution in [2.75, 3.05) is 13.7 Å². The van der Waals surface area contributed by atoms with Crippen molar-refractivity contribution in [1.82, 2.24) is 5.06 Å². The summed E-state index contributed by atoms with van der Waals surface area (Å²) < 4.78 is 21.5. The Kier molecular flexibility index (Phi) is 9.88. The Hall–Kier alpha value is -1.20. The molecule has 1 aromatic carbocycles. The van der Waals surface area contributed by atoms with Crippen LogP contribution in [0, 0.1) is 0 Å². The first-order valence-electron chi connectivity index (χ1n) is 8.42. The second-order valence-electron chi connectivity index (χ2n) is 5.67. The summed E-state index contributed by atoms with van der Waals surface area (Å²) in [5.74, 6) is -0.326. The molecule has 6 nitrogen and oxygen atoms in total. The van der Waals surface area contributed by atoms with Gasteiger partial charge in [-0.2, -0.15) is 4.62 Å². The zero-order valence-corrected chi connectivity index (χ0v) is 15.4. The van der Waals surface area contributed by atoms with Gasteiger partial charge in [0.05, 0.1) is 6.61 Å². The van der Waals surface area contributed by atoms with Gasteiger partial charge in [-0.15, -0.1) is 0 Å². The number of nitrogens with zero attached hydrogens (tertiary/aromatic N) is 1. The Morgan fingerprint density at radius 2 is 1.83 bits per heavy atom. The van der Waals surface area contributed by atoms with Crippen LogP contribution in [-0.4, -0.2) is 29.5 Å². The third-order valence-electron chi connectivity index (χ3n) is 3.56. The van der Waals surface area contributed by atoms with Gasteiger partial charge in [-0.3, -0.25) is 9.32 Å². The Morgan fingerprint density at radius 3 is 2.50 bits per heavy atom. The van der Waals surface area contributed by atoms with E-state index in [4.69, 9.17) is 9.15 Å². The maximum atomic E-state index is 11.9. The number of carbonyl (C=O) groups is 1. The van der Waals surface area contributed by atoms with Crippen LogP contribution >= 0.6 is 7.82 Å². The van der Waals surface area contributed by atoms with Crippen molar-refractivity contribution in [1.29, 1.82) is 0 Å². The van der Waals surface area contributed by atoms with Crippen molar-refractivity contribution >= 4 is 13.7 Å². The SMILES string of the molecule is CCCCCCCC(=O)N(C)OP(=O)(O)OCCc1ccccc1. The lowest BCUT2D eigenvalue weighted by Crippen LogP contribution is -2.26. The first kappa shape index (κ1) is 20.8. The molecule has 0 aliphatic heterocycles. The van der Waals surface area contributed by atoms with Gasteiger partial charge in [0.15, 0.2) is 0 Å². The van der Waals surface area contributed by atoms with Gasteiger partial charge < -0.3 is 4.89 Å². The Balaban J connectivity index is 2.26. The molecule has 0 saturated carbocycles. The molecule has 1 unspecified atom stereocenters. The molecule has 0 radical (unpaired) electrons. The van der Waals surface area contributed by atoms with Gasteiger partial charge in [0, 0.05) is 13.5 Å². The average Bonchev–Trinajstić information content (AvgIpc) is 2.54. The highest BCUT2D eigenvalue weighted by molar-refractivity contribution is 7.47. The smallest absolute Gasteiger partial charge is 0.301 e. The van der Waals surface area contributed by atoms with Gasteiger partial charge in [-0.1, -0.05) is 62.9 Å². The van der Waals surface area contributed by atoms with E-state index >= 15 is 0 Å². The monoisotopic (exact) mass is 357 g/mol. The highest BCUT2D eigenvalue weighted by Crippen LogP contribution is 2.44. The molecule has 0 heterocycles. The molecule has 7 heteroatoms. The van der Waals surface area contributed by atoms with E-state index in [1.54, 1.807) is 0 Å². The minimum absolute atomic E-state index is 0.0385. The quantitative estimate of drug-likeness (QED) is 0.346. The highest BCUT2D eigenvalue weighted by Gasteiger charge is 2.26. The van der Waals surface area contributed by atoms with Crippen LogP contribution in [-0.2, 0) is 24.9 Å². The summed E-state index contributed by atoms with van der Waals surface area (Å²) in [6.45, 7) is 2.17. The van der Waals surface area contributed by atoms with Crippen molar-refractivity contribution in [3.63, 3.8) is 0 Å². The number of hydrogen-bond acceptors (Lipinski definition) is 4. The lowest BCUT2D eigenvalue weighted by atomic mass is 10.1. The summed E-state index contributed by atoms with van der Waals surface area (Å²) in [5, 5.41) is 0.809. The van der Waals surface area contributed by atoms with Crippen LogP contribution in [0.2, 0.25) is 0 Å². The lowest BCUT2D eigenvalue weighted by Gasteiger charge is -2.19. The normalized spacial score (nSPS) is 13.5. The summed E-state index contributed by atoms with van der Waals surface area (Å²) in [6.07, 6.45) is 5.89. The maximum Gasteiger partial charge on any atom is 0.493 e. The molecule has 0 spiro atoms. The number of rotatable bonds is 12. The first-order valence-corrected chi connectivity index (χ1v) is 9.91. The largest absolute Gasteiger partial charge is 0.493 e. The summed E-state index contributed by atoms with van der Waals surface area (Å²) in [5.41, 5.74) is 0.994. The van der Waals surface area contributed by atoms with E-state index in [1.165, 1.54) is 7.05 Å². The number of unbranched alkanes of at least 4 members (excludes halogenated alkanes) is 4. The van der Waals surface area contributed by atoms with E-state index in [0.717, 1.165) is 42.7 Å². The Bertz CT molecular complexity index is 523. The van der Waals surface area contributed by atoms with Crippen molar-refractivity contribution in [2.24, 2.45) is 0 Å². The number of phosphoric ester groups is 1. The van der Waals surface area contributed by atoms with Crippen LogP contribution in [0.3, 0.4) is 0 Å². The van der Waals surface area contributed by atoms with E-state index in [2.05, 4.69) is 6.92 Å². The molecule has 1 amide bonds. The topological polar surface area (TPSA) is 76.1 Å². The minimum Gasteiger partial charge on any atom is -0.301 e. The molecule has 0 aliphatic carbocycles. The molecule has 24 heavy (non-hydrogen) atoms. The highest BCUT2D eigenvalue weighted by atomic mass is 31.2. The van der Waals surface area contributed by atoms with Crippen LogP contribution in [0.1, 0.15) is 51.0 Å². The van der Waals surface area contributed by atoms with E-state index in [1.807, 2.05) is 30.3 Å². The molecule has 1 atom stereocenters. The molecule has 1 N–H and O–H groups in total. The average molecular weight is 357 g/mol. The number of hydrogen-bond donors (Lipinski definition) is 1. The third kappa shape index (κ3) is 9.18. The molecule has 136 valence electrons. The molecule has 0 bridgehead atoms. The standard InChI is InChI=1S/C17H28NO5P/c1-3-4-5-6-10-13-17(19)18(2)23-24(20,21)22-15-14-16-11-8-7-9-12-16/h7-9,11-12H,3-6,10,13-15H2,1-2H3,(H,20,21). The van der Waals surface area contributed by atoms with Crippen molar-refractivity contribution in [3.05, 3.63) is 35.9 Å². The molecule has 0 fully saturated rings. The van der Waals surface area contributed by atoms with Crippen LogP contribution in [0.5, 0.6) is 0 Å². The van der Waals surface area contributed by atoms with Crippen LogP contribution in [0.25, 0.3) is 0 Å². The number of hydroxylamine groups is 2. The van der Waals surface area contributed by atoms with Crippen LogP contribution in [0.15, 0.2) is 30.3 Å². The maximum absolute atomic E-state index is 11.9. The molecule has 0 aromatic heterocycles. The van der Waals surface area contributed by atoms with Gasteiger partial charge >= 0.3 is 7.82 Å². The number of amides is 1. The van der Waals surface area contributed by atoms with Gasteiger partial charge in [-0.05, 0) is 18.4 Å². The van der Waals surface area contributed by atoms with Crippen molar-refractivity contribution in [3.8, 4) is 0 Å². The zero-order valence-electron chi connectivity index (χ0n) is 14.5. The van der Waals surface area contributed by atoms with E-state index in [0.29, 0.717) is 12.8 Å². The molecular weight excluding hydrogens is 329 g/mol. The second-order valence-corrected chi connectivity index (χ2v) is 7.03. The molecular formula is C17H28NO5P. The number of benzene rings is 1. The Labute approximate surface area is 144 Å². The summed E-state index contributed by atoms with van der Waals surface area (Å²) in [4.78, 5) is 21.5. The fraction of sp³-hybridized carbons (Fsp3) is 0.588. The van der Waals surface area contributed by atoms with Crippen molar-refractivity contribution < 1.29 is 23.4 Å². The predicted molar refractivity (Wildman–Crippen MR) is 93.2 cm³/mol. The van der Waals surface area contributed by atoms with Crippen LogP contribution in [0.4, 0.5) is 0 Å². The van der Waals surface area contributed by atoms with Gasteiger partial charge in [0.2, 0.25) is 5.91 Å². The van der Waals surface area contributed by atoms with Crippen LogP contribution < -0.4 is 0 Å². The van der Waals surface area contributed by atoms with Crippen molar-refractivity contribution in [2.45, 2.75) is 51.9 Å². The lowest BCUT2D eigenvalue weighted by molar-refractivity contribution is -0.157. The van der Waals surface area contributed by atoms with E-state index in [9.17, 15) is 14.3 Å². The molecule has 1 rings (SSSR count). The van der Waals surface area contributed by atoms with Gasteiger partial charge in [0.1, 0.15) is 0 Å². The predicted octanol–water partition coefficient (Wildman–Crippen LogP) is 4.10. The summed E-state index contributed by atoms with van der Waals surface area (Å²) in [6, 6.07) is 9.48. The van der Waals surface area contributed by atoms with Gasteiger partial charge in [-0.25, -0.2) is 9.63 Å². The van der Waals surface area contributed by atoms with E-state index in [-0.39, 0.29) is 12.5 Å². The fourth-order valence-corrected chi connectivity index (χ4v) is 2.95. The minimum atomic E-state index is -4.28. The zero-order chi connectivity index (χ0) is 17.8. The fourth-order valence-electron chi connectivity index (χ4n) is 2.18. The molecule has 1 aromatic rings. The summed E-state index contributed by atoms with van der Waals surface area (Å²) in [7, 11) is -2.95. The Morgan fingerprint density at radius 1 is 1.17 bits per heavy atom. The molecule has 0 aliphatic rings. The van der Waals surface area contributed by atoms with Gasteiger partial charge in [0.25, 0.3) is 0 Å².